The molecular formula is C14H27N3. The maximum absolute atomic E-state index is 4.37. The van der Waals surface area contributed by atoms with E-state index in [1.54, 1.807) is 0 Å². The Balaban J connectivity index is 2.68. The number of hydrogen-bond donors (Lipinski definition) is 1. The molecule has 1 rings (SSSR count). The molecule has 0 aliphatic rings. The standard InChI is InChI=1S/C14H27N3/c1-6-8-15-14(11(3)7-2)9-17-10-16-12(4)13(17)5/h10-11,14-15H,6-9H2,1-5H3. The van der Waals surface area contributed by atoms with Crippen molar-refractivity contribution in [3.63, 3.8) is 0 Å². The monoisotopic (exact) mass is 237 g/mol. The van der Waals surface area contributed by atoms with Gasteiger partial charge in [0.1, 0.15) is 0 Å². The number of aromatic nitrogens is 2. The van der Waals surface area contributed by atoms with Crippen LogP contribution in [0.5, 0.6) is 0 Å². The highest BCUT2D eigenvalue weighted by Crippen LogP contribution is 2.12. The minimum Gasteiger partial charge on any atom is -0.333 e. The molecule has 0 fully saturated rings. The lowest BCUT2D eigenvalue weighted by Gasteiger charge is -2.25. The van der Waals surface area contributed by atoms with E-state index in [-0.39, 0.29) is 0 Å². The van der Waals surface area contributed by atoms with E-state index >= 15 is 0 Å². The molecule has 0 saturated heterocycles. The zero-order valence-corrected chi connectivity index (χ0v) is 12.0. The van der Waals surface area contributed by atoms with E-state index in [2.05, 4.69) is 49.5 Å². The molecular weight excluding hydrogens is 210 g/mol. The summed E-state index contributed by atoms with van der Waals surface area (Å²) in [6, 6.07) is 0.548. The predicted molar refractivity (Wildman–Crippen MR) is 73.2 cm³/mol. The minimum absolute atomic E-state index is 0.548. The second-order valence-corrected chi connectivity index (χ2v) is 5.01. The van der Waals surface area contributed by atoms with E-state index in [1.165, 1.54) is 18.5 Å². The van der Waals surface area contributed by atoms with Gasteiger partial charge in [-0.15, -0.1) is 0 Å². The van der Waals surface area contributed by atoms with Crippen LogP contribution in [0.1, 0.15) is 45.0 Å². The third-order valence-electron chi connectivity index (χ3n) is 3.73. The molecule has 0 aliphatic heterocycles. The minimum atomic E-state index is 0.548. The third kappa shape index (κ3) is 3.84. The summed E-state index contributed by atoms with van der Waals surface area (Å²) in [6.07, 6.45) is 4.37. The van der Waals surface area contributed by atoms with Gasteiger partial charge in [-0.05, 0) is 32.7 Å². The third-order valence-corrected chi connectivity index (χ3v) is 3.73. The number of imidazole rings is 1. The average molecular weight is 237 g/mol. The van der Waals surface area contributed by atoms with Crippen molar-refractivity contribution < 1.29 is 0 Å². The van der Waals surface area contributed by atoms with E-state index in [9.17, 15) is 0 Å². The SMILES string of the molecule is CCCNC(Cn1cnc(C)c1C)C(C)CC. The van der Waals surface area contributed by atoms with E-state index in [0.717, 1.165) is 18.8 Å². The molecule has 0 aromatic carbocycles. The number of nitrogens with one attached hydrogen (secondary N) is 1. The van der Waals surface area contributed by atoms with Gasteiger partial charge in [-0.2, -0.15) is 0 Å². The van der Waals surface area contributed by atoms with Crippen molar-refractivity contribution in [3.8, 4) is 0 Å². The molecule has 1 N–H and O–H groups in total. The molecule has 98 valence electrons. The van der Waals surface area contributed by atoms with Crippen molar-refractivity contribution in [1.82, 2.24) is 14.9 Å². The number of hydrogen-bond acceptors (Lipinski definition) is 2. The van der Waals surface area contributed by atoms with Crippen molar-refractivity contribution in [3.05, 3.63) is 17.7 Å². The first-order valence-electron chi connectivity index (χ1n) is 6.81. The van der Waals surface area contributed by atoms with Gasteiger partial charge in [-0.1, -0.05) is 27.2 Å². The van der Waals surface area contributed by atoms with Crippen LogP contribution >= 0.6 is 0 Å². The van der Waals surface area contributed by atoms with Gasteiger partial charge in [0, 0.05) is 18.3 Å². The lowest BCUT2D eigenvalue weighted by Crippen LogP contribution is -2.39. The molecule has 2 atom stereocenters. The molecule has 0 spiro atoms. The molecule has 0 bridgehead atoms. The smallest absolute Gasteiger partial charge is 0.0951 e. The zero-order valence-electron chi connectivity index (χ0n) is 12.0. The summed E-state index contributed by atoms with van der Waals surface area (Å²) in [5.41, 5.74) is 2.43. The van der Waals surface area contributed by atoms with Crippen molar-refractivity contribution in [2.24, 2.45) is 5.92 Å². The largest absolute Gasteiger partial charge is 0.333 e. The highest BCUT2D eigenvalue weighted by atomic mass is 15.1. The van der Waals surface area contributed by atoms with Gasteiger partial charge < -0.3 is 9.88 Å². The van der Waals surface area contributed by atoms with Crippen LogP contribution < -0.4 is 5.32 Å². The van der Waals surface area contributed by atoms with Crippen molar-refractivity contribution in [1.29, 1.82) is 0 Å². The van der Waals surface area contributed by atoms with Crippen LogP contribution in [0.15, 0.2) is 6.33 Å². The summed E-state index contributed by atoms with van der Waals surface area (Å²) >= 11 is 0. The summed E-state index contributed by atoms with van der Waals surface area (Å²) in [6.45, 7) is 13.2. The van der Waals surface area contributed by atoms with Crippen LogP contribution in [0.4, 0.5) is 0 Å². The molecule has 17 heavy (non-hydrogen) atoms. The number of aryl methyl sites for hydroxylation is 1. The topological polar surface area (TPSA) is 29.9 Å². The Kier molecular flexibility index (Phi) is 5.69. The van der Waals surface area contributed by atoms with Gasteiger partial charge in [0.05, 0.1) is 12.0 Å². The molecule has 1 heterocycles. The highest BCUT2D eigenvalue weighted by molar-refractivity contribution is 5.08. The maximum Gasteiger partial charge on any atom is 0.0951 e. The van der Waals surface area contributed by atoms with Crippen LogP contribution in [0, 0.1) is 19.8 Å². The second-order valence-electron chi connectivity index (χ2n) is 5.01. The summed E-state index contributed by atoms with van der Waals surface area (Å²) in [5.74, 6) is 0.698. The van der Waals surface area contributed by atoms with E-state index in [4.69, 9.17) is 0 Å². The van der Waals surface area contributed by atoms with Gasteiger partial charge in [-0.3, -0.25) is 0 Å². The Bertz CT molecular complexity index is 330. The van der Waals surface area contributed by atoms with Crippen LogP contribution in [-0.2, 0) is 6.54 Å². The predicted octanol–water partition coefficient (Wildman–Crippen LogP) is 2.91. The molecule has 0 saturated carbocycles. The van der Waals surface area contributed by atoms with Crippen molar-refractivity contribution in [2.45, 2.75) is 60.0 Å². The number of nitrogens with zero attached hydrogens (tertiary/aromatic N) is 2. The van der Waals surface area contributed by atoms with E-state index in [0.29, 0.717) is 12.0 Å². The van der Waals surface area contributed by atoms with E-state index < -0.39 is 0 Å². The molecule has 0 amide bonds. The Morgan fingerprint density at radius 2 is 2.06 bits per heavy atom. The van der Waals surface area contributed by atoms with Crippen molar-refractivity contribution >= 4 is 0 Å². The zero-order chi connectivity index (χ0) is 12.8. The Labute approximate surface area is 106 Å². The van der Waals surface area contributed by atoms with Gasteiger partial charge in [0.15, 0.2) is 0 Å². The first-order chi connectivity index (χ1) is 8.10. The second kappa shape index (κ2) is 6.80. The molecule has 3 nitrogen and oxygen atoms in total. The summed E-state index contributed by atoms with van der Waals surface area (Å²) < 4.78 is 2.27. The average Bonchev–Trinajstić information content (AvgIpc) is 2.65. The quantitative estimate of drug-likeness (QED) is 0.790. The molecule has 2 unspecified atom stereocenters. The number of rotatable bonds is 7. The molecule has 1 aromatic rings. The van der Waals surface area contributed by atoms with Gasteiger partial charge >= 0.3 is 0 Å². The first kappa shape index (κ1) is 14.2. The maximum atomic E-state index is 4.37. The normalized spacial score (nSPS) is 14.9. The first-order valence-corrected chi connectivity index (χ1v) is 6.81. The summed E-state index contributed by atoms with van der Waals surface area (Å²) in [5, 5.41) is 3.66. The molecule has 0 radical (unpaired) electrons. The van der Waals surface area contributed by atoms with Crippen LogP contribution in [-0.4, -0.2) is 22.1 Å². The Morgan fingerprint density at radius 3 is 2.53 bits per heavy atom. The summed E-state index contributed by atoms with van der Waals surface area (Å²) in [4.78, 5) is 4.37. The molecule has 1 aromatic heterocycles. The van der Waals surface area contributed by atoms with Crippen LogP contribution in [0.2, 0.25) is 0 Å². The van der Waals surface area contributed by atoms with Crippen LogP contribution in [0.25, 0.3) is 0 Å². The van der Waals surface area contributed by atoms with Gasteiger partial charge in [-0.25, -0.2) is 4.98 Å². The van der Waals surface area contributed by atoms with Crippen LogP contribution in [0.3, 0.4) is 0 Å². The lowest BCUT2D eigenvalue weighted by molar-refractivity contribution is 0.328. The van der Waals surface area contributed by atoms with Crippen molar-refractivity contribution in [2.75, 3.05) is 6.54 Å². The Hall–Kier alpha value is -0.830. The summed E-state index contributed by atoms with van der Waals surface area (Å²) in [7, 11) is 0. The molecule has 0 aliphatic carbocycles. The highest BCUT2D eigenvalue weighted by Gasteiger charge is 2.16. The van der Waals surface area contributed by atoms with Gasteiger partial charge in [0.2, 0.25) is 0 Å². The fourth-order valence-electron chi connectivity index (χ4n) is 2.00. The fraction of sp³-hybridized carbons (Fsp3) is 0.786. The van der Waals surface area contributed by atoms with Gasteiger partial charge in [0.25, 0.3) is 0 Å². The lowest BCUT2D eigenvalue weighted by atomic mass is 9.99. The van der Waals surface area contributed by atoms with E-state index in [1.807, 2.05) is 6.33 Å². The molecule has 3 heteroatoms. The Morgan fingerprint density at radius 1 is 1.35 bits per heavy atom. The fourth-order valence-corrected chi connectivity index (χ4v) is 2.00.